The molecule has 1 aliphatic carbocycles. The fourth-order valence-electron chi connectivity index (χ4n) is 3.94. The lowest BCUT2D eigenvalue weighted by Gasteiger charge is -2.34. The van der Waals surface area contributed by atoms with Crippen molar-refractivity contribution in [3.05, 3.63) is 47.3 Å². The molecule has 1 saturated carbocycles. The van der Waals surface area contributed by atoms with E-state index in [1.165, 1.54) is 31.0 Å². The minimum atomic E-state index is -0.694. The summed E-state index contributed by atoms with van der Waals surface area (Å²) in [7, 11) is 0. The fraction of sp³-hybridized carbons (Fsp3) is 0.545. The van der Waals surface area contributed by atoms with Gasteiger partial charge in [0.05, 0.1) is 5.56 Å². The van der Waals surface area contributed by atoms with Crippen LogP contribution in [0, 0.1) is 11.7 Å². The number of likely N-dealkylation sites (tertiary alicyclic amines) is 1. The van der Waals surface area contributed by atoms with Crippen LogP contribution in [-0.4, -0.2) is 51.0 Å². The summed E-state index contributed by atoms with van der Waals surface area (Å²) in [6.07, 6.45) is 3.94. The molecule has 2 aromatic rings. The first kappa shape index (κ1) is 20.5. The van der Waals surface area contributed by atoms with E-state index < -0.39 is 17.8 Å². The zero-order valence-corrected chi connectivity index (χ0v) is 17.4. The highest BCUT2D eigenvalue weighted by Crippen LogP contribution is 2.38. The molecule has 1 unspecified atom stereocenters. The Morgan fingerprint density at radius 3 is 2.47 bits per heavy atom. The van der Waals surface area contributed by atoms with Crippen molar-refractivity contribution in [3.8, 4) is 0 Å². The molecule has 7 nitrogen and oxygen atoms in total. The minimum absolute atomic E-state index is 0.0496. The van der Waals surface area contributed by atoms with Crippen molar-refractivity contribution in [2.24, 2.45) is 5.92 Å². The lowest BCUT2D eigenvalue weighted by Crippen LogP contribution is -2.53. The van der Waals surface area contributed by atoms with Crippen molar-refractivity contribution in [3.63, 3.8) is 0 Å². The molecular weight excluding hydrogens is 385 g/mol. The summed E-state index contributed by atoms with van der Waals surface area (Å²) >= 11 is 0. The predicted octanol–water partition coefficient (Wildman–Crippen LogP) is 2.98. The topological polar surface area (TPSA) is 91.0 Å². The maximum atomic E-state index is 13.9. The van der Waals surface area contributed by atoms with Crippen LogP contribution in [0.1, 0.15) is 73.4 Å². The van der Waals surface area contributed by atoms with Crippen molar-refractivity contribution >= 4 is 11.8 Å². The molecular formula is C22H28FN5O2. The second-order valence-corrected chi connectivity index (χ2v) is 8.63. The average Bonchev–Trinajstić information content (AvgIpc) is 3.48. The quantitative estimate of drug-likeness (QED) is 0.762. The maximum absolute atomic E-state index is 13.9. The van der Waals surface area contributed by atoms with Gasteiger partial charge in [0.15, 0.2) is 5.82 Å². The summed E-state index contributed by atoms with van der Waals surface area (Å²) < 4.78 is 13.9. The first-order valence-electron chi connectivity index (χ1n) is 10.7. The van der Waals surface area contributed by atoms with E-state index in [0.717, 1.165) is 24.5 Å². The number of hydrogen-bond acceptors (Lipinski definition) is 4. The Morgan fingerprint density at radius 1 is 1.13 bits per heavy atom. The Morgan fingerprint density at radius 2 is 1.83 bits per heavy atom. The highest BCUT2D eigenvalue weighted by molar-refractivity contribution is 5.97. The Bertz CT molecular complexity index is 916. The number of carbonyl (C=O) groups is 2. The van der Waals surface area contributed by atoms with Gasteiger partial charge in [-0.3, -0.25) is 14.7 Å². The molecule has 1 aliphatic heterocycles. The lowest BCUT2D eigenvalue weighted by atomic mass is 9.94. The van der Waals surface area contributed by atoms with E-state index in [-0.39, 0.29) is 23.3 Å². The van der Waals surface area contributed by atoms with E-state index in [0.29, 0.717) is 19.0 Å². The van der Waals surface area contributed by atoms with Crippen molar-refractivity contribution in [2.45, 2.75) is 57.4 Å². The van der Waals surface area contributed by atoms with Crippen molar-refractivity contribution < 1.29 is 14.0 Å². The second kappa shape index (κ2) is 8.53. The van der Waals surface area contributed by atoms with Crippen LogP contribution in [0.25, 0.3) is 0 Å². The Balaban J connectivity index is 1.37. The molecule has 0 radical (unpaired) electrons. The Labute approximate surface area is 175 Å². The molecule has 2 amide bonds. The number of nitrogens with zero attached hydrogens (tertiary/aromatic N) is 3. The first-order valence-corrected chi connectivity index (χ1v) is 10.7. The summed E-state index contributed by atoms with van der Waals surface area (Å²) in [5, 5.41) is 10.1. The molecule has 30 heavy (non-hydrogen) atoms. The number of carbonyl (C=O) groups excluding carboxylic acids is 2. The van der Waals surface area contributed by atoms with Gasteiger partial charge in [0, 0.05) is 24.9 Å². The number of rotatable bonds is 6. The highest BCUT2D eigenvalue weighted by atomic mass is 19.1. The standard InChI is InChI=1S/C22H28FN5O2/c1-13(2)18(24-21(29)16-5-3-4-6-17(16)23)22(30)28-11-9-15(10-12-28)20-25-19(26-27-20)14-7-8-14/h3-6,13-15,18H,7-12H2,1-2H3,(H,24,29)(H,25,26,27). The molecule has 2 aliphatic rings. The van der Waals surface area contributed by atoms with Gasteiger partial charge in [-0.05, 0) is 43.7 Å². The zero-order chi connectivity index (χ0) is 21.3. The van der Waals surface area contributed by atoms with Gasteiger partial charge < -0.3 is 10.2 Å². The van der Waals surface area contributed by atoms with E-state index >= 15 is 0 Å². The number of hydrogen-bond donors (Lipinski definition) is 2. The van der Waals surface area contributed by atoms with Gasteiger partial charge in [-0.2, -0.15) is 5.10 Å². The third-order valence-corrected chi connectivity index (χ3v) is 5.99. The number of piperidine rings is 1. The molecule has 2 N–H and O–H groups in total. The van der Waals surface area contributed by atoms with E-state index in [2.05, 4.69) is 20.5 Å². The molecule has 1 saturated heterocycles. The molecule has 2 heterocycles. The molecule has 8 heteroatoms. The lowest BCUT2D eigenvalue weighted by molar-refractivity contribution is -0.135. The summed E-state index contributed by atoms with van der Waals surface area (Å²) in [6, 6.07) is 5.10. The van der Waals surface area contributed by atoms with Crippen molar-refractivity contribution in [1.82, 2.24) is 25.4 Å². The van der Waals surface area contributed by atoms with Crippen LogP contribution in [0.4, 0.5) is 4.39 Å². The smallest absolute Gasteiger partial charge is 0.254 e. The van der Waals surface area contributed by atoms with Gasteiger partial charge >= 0.3 is 0 Å². The average molecular weight is 413 g/mol. The molecule has 160 valence electrons. The van der Waals surface area contributed by atoms with Gasteiger partial charge in [-0.25, -0.2) is 9.37 Å². The first-order chi connectivity index (χ1) is 14.4. The minimum Gasteiger partial charge on any atom is -0.341 e. The van der Waals surface area contributed by atoms with Gasteiger partial charge in [-0.15, -0.1) is 0 Å². The number of halogens is 1. The molecule has 0 bridgehead atoms. The van der Waals surface area contributed by atoms with Gasteiger partial charge in [0.1, 0.15) is 17.7 Å². The van der Waals surface area contributed by atoms with Crippen LogP contribution < -0.4 is 5.32 Å². The number of aromatic amines is 1. The molecule has 2 fully saturated rings. The second-order valence-electron chi connectivity index (χ2n) is 8.63. The molecule has 0 spiro atoms. The van der Waals surface area contributed by atoms with Gasteiger partial charge in [0.25, 0.3) is 5.91 Å². The van der Waals surface area contributed by atoms with Gasteiger partial charge in [-0.1, -0.05) is 26.0 Å². The van der Waals surface area contributed by atoms with Crippen LogP contribution in [0.15, 0.2) is 24.3 Å². The van der Waals surface area contributed by atoms with Crippen LogP contribution in [0.5, 0.6) is 0 Å². The molecule has 1 atom stereocenters. The van der Waals surface area contributed by atoms with Gasteiger partial charge in [0.2, 0.25) is 5.91 Å². The largest absolute Gasteiger partial charge is 0.341 e. The number of amides is 2. The monoisotopic (exact) mass is 413 g/mol. The van der Waals surface area contributed by atoms with Crippen LogP contribution in [0.3, 0.4) is 0 Å². The summed E-state index contributed by atoms with van der Waals surface area (Å²) in [4.78, 5) is 32.1. The number of H-pyrrole nitrogens is 1. The molecule has 1 aromatic heterocycles. The van der Waals surface area contributed by atoms with E-state index in [1.54, 1.807) is 11.0 Å². The van der Waals surface area contributed by atoms with Crippen LogP contribution >= 0.6 is 0 Å². The van der Waals surface area contributed by atoms with Crippen molar-refractivity contribution in [2.75, 3.05) is 13.1 Å². The Hall–Kier alpha value is -2.77. The third-order valence-electron chi connectivity index (χ3n) is 5.99. The summed E-state index contributed by atoms with van der Waals surface area (Å²) in [6.45, 7) is 4.96. The Kier molecular flexibility index (Phi) is 5.83. The van der Waals surface area contributed by atoms with Crippen LogP contribution in [0.2, 0.25) is 0 Å². The molecule has 4 rings (SSSR count). The number of benzene rings is 1. The van der Waals surface area contributed by atoms with E-state index in [1.807, 2.05) is 13.8 Å². The summed E-state index contributed by atoms with van der Waals surface area (Å²) in [5.41, 5.74) is -0.0496. The zero-order valence-electron chi connectivity index (χ0n) is 17.4. The third kappa shape index (κ3) is 4.37. The SMILES string of the molecule is CC(C)C(NC(=O)c1ccccc1F)C(=O)N1CCC(c2nc(C3CC3)n[nH]2)CC1. The summed E-state index contributed by atoms with van der Waals surface area (Å²) in [5.74, 6) is 1.22. The fourth-order valence-corrected chi connectivity index (χ4v) is 3.94. The highest BCUT2D eigenvalue weighted by Gasteiger charge is 2.34. The van der Waals surface area contributed by atoms with E-state index in [9.17, 15) is 14.0 Å². The number of aromatic nitrogens is 3. The van der Waals surface area contributed by atoms with Crippen molar-refractivity contribution in [1.29, 1.82) is 0 Å². The normalized spacial score (nSPS) is 18.5. The maximum Gasteiger partial charge on any atom is 0.254 e. The van der Waals surface area contributed by atoms with Crippen LogP contribution in [-0.2, 0) is 4.79 Å². The molecule has 1 aromatic carbocycles. The predicted molar refractivity (Wildman–Crippen MR) is 109 cm³/mol. The van der Waals surface area contributed by atoms with E-state index in [4.69, 9.17) is 0 Å². The number of nitrogens with one attached hydrogen (secondary N) is 2.